The van der Waals surface area contributed by atoms with Gasteiger partial charge in [0, 0.05) is 0 Å². The van der Waals surface area contributed by atoms with Gasteiger partial charge >= 0.3 is 0 Å². The zero-order valence-electron chi connectivity index (χ0n) is 7.34. The molecule has 0 aromatic heterocycles. The van der Waals surface area contributed by atoms with E-state index in [2.05, 4.69) is 0 Å². The minimum Gasteiger partial charge on any atom is -0.393 e. The molecule has 0 aliphatic heterocycles. The van der Waals surface area contributed by atoms with Gasteiger partial charge in [-0.2, -0.15) is 0 Å². The van der Waals surface area contributed by atoms with Crippen molar-refractivity contribution >= 4 is 0 Å². The molecule has 0 saturated carbocycles. The highest BCUT2D eigenvalue weighted by Gasteiger charge is 2.23. The van der Waals surface area contributed by atoms with Gasteiger partial charge in [0.25, 0.3) is 0 Å². The van der Waals surface area contributed by atoms with E-state index in [0.29, 0.717) is 5.56 Å². The van der Waals surface area contributed by atoms with Gasteiger partial charge in [0.1, 0.15) is 0 Å². The molecule has 0 saturated heterocycles. The third kappa shape index (κ3) is 1.83. The van der Waals surface area contributed by atoms with E-state index in [-0.39, 0.29) is 0 Å². The van der Waals surface area contributed by atoms with E-state index in [0.717, 1.165) is 5.56 Å². The molecule has 0 bridgehead atoms. The Balaban J connectivity index is 2.96. The highest BCUT2D eigenvalue weighted by molar-refractivity contribution is 5.25. The summed E-state index contributed by atoms with van der Waals surface area (Å²) in [5.41, 5.74) is -0.00339. The van der Waals surface area contributed by atoms with Crippen LogP contribution >= 0.6 is 0 Å². The van der Waals surface area contributed by atoms with Crippen LogP contribution in [0.2, 0.25) is 0 Å². The van der Waals surface area contributed by atoms with Gasteiger partial charge < -0.3 is 5.11 Å². The number of benzene rings is 1. The van der Waals surface area contributed by atoms with Crippen molar-refractivity contribution < 1.29 is 9.50 Å². The predicted octanol–water partition coefficient (Wildman–Crippen LogP) is 2.17. The molecule has 2 heteroatoms. The summed E-state index contributed by atoms with van der Waals surface area (Å²) in [6, 6.07) is 7.07. The molecule has 1 atom stereocenters. The fourth-order valence-electron chi connectivity index (χ4n) is 0.992. The van der Waals surface area contributed by atoms with Crippen LogP contribution in [-0.2, 0) is 5.67 Å². The monoisotopic (exact) mass is 168 g/mol. The lowest BCUT2D eigenvalue weighted by molar-refractivity contribution is 0.0868. The number of aliphatic hydroxyl groups excluding tert-OH is 1. The minimum atomic E-state index is -1.62. The van der Waals surface area contributed by atoms with E-state index in [9.17, 15) is 4.39 Å². The molecular weight excluding hydrogens is 155 g/mol. The molecule has 1 nitrogen and oxygen atoms in total. The van der Waals surface area contributed by atoms with Crippen LogP contribution in [0.1, 0.15) is 18.1 Å². The van der Waals surface area contributed by atoms with Crippen LogP contribution in [0.4, 0.5) is 4.39 Å². The van der Waals surface area contributed by atoms with Gasteiger partial charge in [-0.3, -0.25) is 0 Å². The van der Waals surface area contributed by atoms with Crippen molar-refractivity contribution in [3.05, 3.63) is 35.4 Å². The van der Waals surface area contributed by atoms with Crippen molar-refractivity contribution in [2.24, 2.45) is 0 Å². The van der Waals surface area contributed by atoms with Crippen LogP contribution in [0.15, 0.2) is 24.3 Å². The Labute approximate surface area is 71.9 Å². The van der Waals surface area contributed by atoms with Gasteiger partial charge in [-0.05, 0) is 19.4 Å². The Morgan fingerprint density at radius 1 is 1.33 bits per heavy atom. The molecule has 0 amide bonds. The minimum absolute atomic E-state index is 0.476. The van der Waals surface area contributed by atoms with Gasteiger partial charge in [-0.1, -0.05) is 29.8 Å². The number of hydrogen-bond acceptors (Lipinski definition) is 1. The summed E-state index contributed by atoms with van der Waals surface area (Å²) in [5, 5.41) is 8.74. The summed E-state index contributed by atoms with van der Waals surface area (Å²) in [5.74, 6) is 0. The second-order valence-corrected chi connectivity index (χ2v) is 3.22. The first-order valence-corrected chi connectivity index (χ1v) is 3.93. The Morgan fingerprint density at radius 3 is 2.25 bits per heavy atom. The van der Waals surface area contributed by atoms with Crippen LogP contribution < -0.4 is 0 Å². The van der Waals surface area contributed by atoms with E-state index in [1.54, 1.807) is 12.1 Å². The lowest BCUT2D eigenvalue weighted by Crippen LogP contribution is -2.19. The molecule has 0 fully saturated rings. The van der Waals surface area contributed by atoms with Crippen molar-refractivity contribution in [3.8, 4) is 0 Å². The summed E-state index contributed by atoms with van der Waals surface area (Å²) in [6.07, 6.45) is 0. The van der Waals surface area contributed by atoms with Crippen LogP contribution in [0.25, 0.3) is 0 Å². The second kappa shape index (κ2) is 3.23. The Morgan fingerprint density at radius 2 is 1.83 bits per heavy atom. The summed E-state index contributed by atoms with van der Waals surface area (Å²) in [4.78, 5) is 0. The number of halogens is 1. The largest absolute Gasteiger partial charge is 0.393 e. The summed E-state index contributed by atoms with van der Waals surface area (Å²) in [7, 11) is 0. The topological polar surface area (TPSA) is 20.2 Å². The van der Waals surface area contributed by atoms with E-state index >= 15 is 0 Å². The van der Waals surface area contributed by atoms with Gasteiger partial charge in [-0.15, -0.1) is 0 Å². The van der Waals surface area contributed by atoms with Crippen molar-refractivity contribution in [1.82, 2.24) is 0 Å². The third-order valence-electron chi connectivity index (χ3n) is 1.95. The summed E-state index contributed by atoms with van der Waals surface area (Å²) >= 11 is 0. The number of aliphatic hydroxyl groups is 1. The normalized spacial score (nSPS) is 15.7. The average Bonchev–Trinajstić information content (AvgIpc) is 2.05. The Kier molecular flexibility index (Phi) is 2.48. The molecule has 1 unspecified atom stereocenters. The van der Waals surface area contributed by atoms with E-state index < -0.39 is 12.3 Å². The first kappa shape index (κ1) is 9.20. The fraction of sp³-hybridized carbons (Fsp3) is 0.400. The zero-order valence-corrected chi connectivity index (χ0v) is 7.34. The van der Waals surface area contributed by atoms with E-state index in [1.807, 2.05) is 19.1 Å². The smallest absolute Gasteiger partial charge is 0.156 e. The highest BCUT2D eigenvalue weighted by Crippen LogP contribution is 2.24. The van der Waals surface area contributed by atoms with Crippen molar-refractivity contribution in [1.29, 1.82) is 0 Å². The molecule has 0 radical (unpaired) electrons. The quantitative estimate of drug-likeness (QED) is 0.717. The maximum Gasteiger partial charge on any atom is 0.156 e. The lowest BCUT2D eigenvalue weighted by atomic mass is 9.98. The first-order chi connectivity index (χ1) is 5.56. The van der Waals surface area contributed by atoms with Crippen LogP contribution in [-0.4, -0.2) is 11.7 Å². The lowest BCUT2D eigenvalue weighted by Gasteiger charge is -2.17. The molecular formula is C10H13FO. The SMILES string of the molecule is Cc1ccc(C(C)(F)CO)cc1. The number of alkyl halides is 1. The standard InChI is InChI=1S/C10H13FO/c1-8-3-5-9(6-4-8)10(2,11)7-12/h3-6,12H,7H2,1-2H3. The van der Waals surface area contributed by atoms with Crippen LogP contribution in [0.3, 0.4) is 0 Å². The molecule has 1 aromatic carbocycles. The Bertz CT molecular complexity index is 251. The van der Waals surface area contributed by atoms with Crippen molar-refractivity contribution in [3.63, 3.8) is 0 Å². The fourth-order valence-corrected chi connectivity index (χ4v) is 0.992. The molecule has 0 aliphatic carbocycles. The third-order valence-corrected chi connectivity index (χ3v) is 1.95. The van der Waals surface area contributed by atoms with Crippen LogP contribution in [0.5, 0.6) is 0 Å². The molecule has 0 aliphatic rings. The van der Waals surface area contributed by atoms with Crippen molar-refractivity contribution in [2.45, 2.75) is 19.5 Å². The maximum atomic E-state index is 13.4. The van der Waals surface area contributed by atoms with Crippen LogP contribution in [0, 0.1) is 6.92 Å². The number of rotatable bonds is 2. The number of hydrogen-bond donors (Lipinski definition) is 1. The molecule has 1 aromatic rings. The molecule has 0 heterocycles. The molecule has 0 spiro atoms. The molecule has 1 N–H and O–H groups in total. The molecule has 12 heavy (non-hydrogen) atoms. The second-order valence-electron chi connectivity index (χ2n) is 3.22. The molecule has 1 rings (SSSR count). The van der Waals surface area contributed by atoms with E-state index in [1.165, 1.54) is 6.92 Å². The first-order valence-electron chi connectivity index (χ1n) is 3.93. The summed E-state index contributed by atoms with van der Waals surface area (Å²) < 4.78 is 13.4. The van der Waals surface area contributed by atoms with Gasteiger partial charge in [0.15, 0.2) is 5.67 Å². The Hall–Kier alpha value is -0.890. The number of aryl methyl sites for hydroxylation is 1. The zero-order chi connectivity index (χ0) is 9.19. The van der Waals surface area contributed by atoms with Gasteiger partial charge in [0.2, 0.25) is 0 Å². The predicted molar refractivity (Wildman–Crippen MR) is 46.7 cm³/mol. The average molecular weight is 168 g/mol. The molecule has 66 valence electrons. The maximum absolute atomic E-state index is 13.4. The van der Waals surface area contributed by atoms with Gasteiger partial charge in [0.05, 0.1) is 6.61 Å². The summed E-state index contributed by atoms with van der Waals surface area (Å²) in [6.45, 7) is 2.84. The van der Waals surface area contributed by atoms with E-state index in [4.69, 9.17) is 5.11 Å². The van der Waals surface area contributed by atoms with Gasteiger partial charge in [-0.25, -0.2) is 4.39 Å². The van der Waals surface area contributed by atoms with Crippen molar-refractivity contribution in [2.75, 3.05) is 6.61 Å². The highest BCUT2D eigenvalue weighted by atomic mass is 19.1.